The third-order valence-corrected chi connectivity index (χ3v) is 4.42. The molecule has 1 saturated heterocycles. The Morgan fingerprint density at radius 1 is 1.24 bits per heavy atom. The van der Waals surface area contributed by atoms with Crippen LogP contribution >= 0.6 is 0 Å². The van der Waals surface area contributed by atoms with Crippen molar-refractivity contribution in [3.8, 4) is 0 Å². The second-order valence-corrected chi connectivity index (χ2v) is 6.20. The predicted molar refractivity (Wildman–Crippen MR) is 85.9 cm³/mol. The molecule has 0 bridgehead atoms. The van der Waals surface area contributed by atoms with E-state index in [9.17, 15) is 18.8 Å². The van der Waals surface area contributed by atoms with Gasteiger partial charge in [-0.3, -0.25) is 14.4 Å². The number of amides is 2. The molecule has 25 heavy (non-hydrogen) atoms. The number of rotatable bonds is 4. The molecule has 0 saturated carbocycles. The summed E-state index contributed by atoms with van der Waals surface area (Å²) < 4.78 is 13.0. The maximum Gasteiger partial charge on any atom is 0.308 e. The van der Waals surface area contributed by atoms with Gasteiger partial charge in [0.05, 0.1) is 12.5 Å². The summed E-state index contributed by atoms with van der Waals surface area (Å²) in [5, 5.41) is 14.4. The molecule has 2 amide bonds. The van der Waals surface area contributed by atoms with Crippen molar-refractivity contribution in [1.29, 1.82) is 0 Å². The fourth-order valence-electron chi connectivity index (χ4n) is 2.97. The standard InChI is InChI=1S/C17H18FN3O4/c18-13-3-1-11(2-4-13)9-21-15(22)6-5-14(19-21)16(23)20-8-7-12(10-20)17(24)25/h1-4,12H,5-10H2,(H,24,25). The molecule has 1 aromatic rings. The monoisotopic (exact) mass is 347 g/mol. The van der Waals surface area contributed by atoms with Gasteiger partial charge < -0.3 is 10.0 Å². The first-order valence-electron chi connectivity index (χ1n) is 8.08. The molecule has 0 aromatic heterocycles. The van der Waals surface area contributed by atoms with Gasteiger partial charge in [-0.25, -0.2) is 9.40 Å². The van der Waals surface area contributed by atoms with Gasteiger partial charge in [0, 0.05) is 25.9 Å². The summed E-state index contributed by atoms with van der Waals surface area (Å²) >= 11 is 0. The van der Waals surface area contributed by atoms with E-state index in [1.165, 1.54) is 22.0 Å². The van der Waals surface area contributed by atoms with Crippen LogP contribution in [0.25, 0.3) is 0 Å². The number of carbonyl (C=O) groups excluding carboxylic acids is 2. The van der Waals surface area contributed by atoms with Crippen LogP contribution in [0.4, 0.5) is 4.39 Å². The molecule has 1 N–H and O–H groups in total. The first-order chi connectivity index (χ1) is 11.9. The average Bonchev–Trinajstić information content (AvgIpc) is 3.08. The minimum Gasteiger partial charge on any atom is -0.481 e. The Morgan fingerprint density at radius 3 is 2.60 bits per heavy atom. The number of hydrogen-bond donors (Lipinski definition) is 1. The molecule has 1 unspecified atom stereocenters. The van der Waals surface area contributed by atoms with Crippen molar-refractivity contribution < 1.29 is 23.9 Å². The highest BCUT2D eigenvalue weighted by Crippen LogP contribution is 2.20. The van der Waals surface area contributed by atoms with Crippen molar-refractivity contribution >= 4 is 23.5 Å². The van der Waals surface area contributed by atoms with Crippen molar-refractivity contribution in [2.75, 3.05) is 13.1 Å². The van der Waals surface area contributed by atoms with Crippen LogP contribution in [0.15, 0.2) is 29.4 Å². The van der Waals surface area contributed by atoms with E-state index >= 15 is 0 Å². The van der Waals surface area contributed by atoms with E-state index in [0.717, 1.165) is 0 Å². The molecule has 132 valence electrons. The second-order valence-electron chi connectivity index (χ2n) is 6.20. The van der Waals surface area contributed by atoms with Gasteiger partial charge in [-0.05, 0) is 24.1 Å². The lowest BCUT2D eigenvalue weighted by Gasteiger charge is -2.25. The van der Waals surface area contributed by atoms with Crippen LogP contribution in [0, 0.1) is 11.7 Å². The highest BCUT2D eigenvalue weighted by atomic mass is 19.1. The number of hydrogen-bond acceptors (Lipinski definition) is 4. The van der Waals surface area contributed by atoms with E-state index in [1.54, 1.807) is 12.1 Å². The molecular weight excluding hydrogens is 329 g/mol. The van der Waals surface area contributed by atoms with Crippen LogP contribution in [0.2, 0.25) is 0 Å². The SMILES string of the molecule is O=C(O)C1CCN(C(=O)C2=NN(Cc3ccc(F)cc3)C(=O)CC2)C1. The zero-order valence-corrected chi connectivity index (χ0v) is 13.5. The van der Waals surface area contributed by atoms with Crippen LogP contribution in [-0.2, 0) is 20.9 Å². The Balaban J connectivity index is 1.71. The topological polar surface area (TPSA) is 90.3 Å². The molecule has 0 spiro atoms. The highest BCUT2D eigenvalue weighted by molar-refractivity contribution is 6.39. The zero-order chi connectivity index (χ0) is 18.0. The van der Waals surface area contributed by atoms with E-state index in [-0.39, 0.29) is 49.3 Å². The van der Waals surface area contributed by atoms with Crippen LogP contribution in [-0.4, -0.2) is 51.6 Å². The van der Waals surface area contributed by atoms with Gasteiger partial charge in [0.2, 0.25) is 5.91 Å². The smallest absolute Gasteiger partial charge is 0.308 e. The molecule has 0 aliphatic carbocycles. The first-order valence-corrected chi connectivity index (χ1v) is 8.08. The molecule has 2 heterocycles. The summed E-state index contributed by atoms with van der Waals surface area (Å²) in [4.78, 5) is 37.1. The quantitative estimate of drug-likeness (QED) is 0.887. The molecule has 8 heteroatoms. The molecule has 3 rings (SSSR count). The van der Waals surface area contributed by atoms with E-state index in [0.29, 0.717) is 18.5 Å². The van der Waals surface area contributed by atoms with Crippen LogP contribution in [0.5, 0.6) is 0 Å². The number of carboxylic acid groups (broad SMARTS) is 1. The van der Waals surface area contributed by atoms with Gasteiger partial charge in [0.15, 0.2) is 0 Å². The molecule has 1 atom stereocenters. The van der Waals surface area contributed by atoms with Crippen molar-refractivity contribution in [3.05, 3.63) is 35.6 Å². The summed E-state index contributed by atoms with van der Waals surface area (Å²) in [5.41, 5.74) is 0.965. The number of carboxylic acids is 1. The van der Waals surface area contributed by atoms with Gasteiger partial charge in [-0.15, -0.1) is 0 Å². The van der Waals surface area contributed by atoms with Gasteiger partial charge in [0.25, 0.3) is 5.91 Å². The largest absolute Gasteiger partial charge is 0.481 e. The number of halogens is 1. The summed E-state index contributed by atoms with van der Waals surface area (Å²) in [6.07, 6.45) is 0.834. The van der Waals surface area contributed by atoms with E-state index in [2.05, 4.69) is 5.10 Å². The molecule has 1 aromatic carbocycles. The number of aliphatic carboxylic acids is 1. The molecule has 2 aliphatic heterocycles. The molecule has 1 fully saturated rings. The summed E-state index contributed by atoms with van der Waals surface area (Å²) in [5.74, 6) is -2.35. The minimum absolute atomic E-state index is 0.160. The van der Waals surface area contributed by atoms with E-state index < -0.39 is 11.9 Å². The van der Waals surface area contributed by atoms with Crippen molar-refractivity contribution in [2.45, 2.75) is 25.8 Å². The summed E-state index contributed by atoms with van der Waals surface area (Å²) in [6, 6.07) is 5.73. The summed E-state index contributed by atoms with van der Waals surface area (Å²) in [7, 11) is 0. The Hall–Kier alpha value is -2.77. The Bertz CT molecular complexity index is 732. The number of carbonyl (C=O) groups is 3. The Labute approximate surface area is 143 Å². The van der Waals surface area contributed by atoms with Crippen molar-refractivity contribution in [2.24, 2.45) is 11.0 Å². The van der Waals surface area contributed by atoms with Gasteiger partial charge in [-0.1, -0.05) is 12.1 Å². The maximum absolute atomic E-state index is 13.0. The Morgan fingerprint density at radius 2 is 1.96 bits per heavy atom. The van der Waals surface area contributed by atoms with Crippen LogP contribution in [0.1, 0.15) is 24.8 Å². The lowest BCUT2D eigenvalue weighted by Crippen LogP contribution is -2.40. The second kappa shape index (κ2) is 7.00. The highest BCUT2D eigenvalue weighted by Gasteiger charge is 2.34. The fourth-order valence-corrected chi connectivity index (χ4v) is 2.97. The average molecular weight is 347 g/mol. The van der Waals surface area contributed by atoms with Gasteiger partial charge >= 0.3 is 5.97 Å². The number of benzene rings is 1. The number of nitrogens with zero attached hydrogens (tertiary/aromatic N) is 3. The lowest BCUT2D eigenvalue weighted by molar-refractivity contribution is -0.141. The molecule has 0 radical (unpaired) electrons. The third kappa shape index (κ3) is 3.84. The zero-order valence-electron chi connectivity index (χ0n) is 13.5. The molecular formula is C17H18FN3O4. The van der Waals surface area contributed by atoms with Crippen molar-refractivity contribution in [3.63, 3.8) is 0 Å². The minimum atomic E-state index is -0.908. The Kier molecular flexibility index (Phi) is 4.78. The molecule has 2 aliphatic rings. The number of likely N-dealkylation sites (tertiary alicyclic amines) is 1. The molecule has 7 nitrogen and oxygen atoms in total. The fraction of sp³-hybridized carbons (Fsp3) is 0.412. The number of hydrazone groups is 1. The van der Waals surface area contributed by atoms with E-state index in [1.807, 2.05) is 0 Å². The first kappa shape index (κ1) is 17.1. The predicted octanol–water partition coefficient (Wildman–Crippen LogP) is 1.24. The maximum atomic E-state index is 13.0. The summed E-state index contributed by atoms with van der Waals surface area (Å²) in [6.45, 7) is 0.702. The third-order valence-electron chi connectivity index (χ3n) is 4.42. The van der Waals surface area contributed by atoms with Crippen LogP contribution < -0.4 is 0 Å². The van der Waals surface area contributed by atoms with Gasteiger partial charge in [0.1, 0.15) is 11.5 Å². The van der Waals surface area contributed by atoms with E-state index in [4.69, 9.17) is 5.11 Å². The van der Waals surface area contributed by atoms with Gasteiger partial charge in [-0.2, -0.15) is 5.10 Å². The lowest BCUT2D eigenvalue weighted by atomic mass is 10.1. The van der Waals surface area contributed by atoms with Crippen LogP contribution in [0.3, 0.4) is 0 Å². The van der Waals surface area contributed by atoms with Crippen molar-refractivity contribution in [1.82, 2.24) is 9.91 Å². The normalized spacial score (nSPS) is 20.6.